The van der Waals surface area contributed by atoms with E-state index in [9.17, 15) is 9.59 Å². The summed E-state index contributed by atoms with van der Waals surface area (Å²) in [6.07, 6.45) is 1.68. The summed E-state index contributed by atoms with van der Waals surface area (Å²) in [6, 6.07) is 0. The van der Waals surface area contributed by atoms with Crippen LogP contribution in [0.15, 0.2) is 0 Å². The summed E-state index contributed by atoms with van der Waals surface area (Å²) >= 11 is 0. The molecule has 0 N–H and O–H groups in total. The molecule has 0 spiro atoms. The largest absolute Gasteiger partial charge is 0.300 e. The first-order valence-corrected chi connectivity index (χ1v) is 4.18. The van der Waals surface area contributed by atoms with Crippen molar-refractivity contribution in [3.63, 3.8) is 0 Å². The molecule has 0 rings (SSSR count). The van der Waals surface area contributed by atoms with E-state index in [0.717, 1.165) is 0 Å². The number of hydrogen-bond acceptors (Lipinski definition) is 2. The molecule has 0 amide bonds. The molecule has 0 heterocycles. The van der Waals surface area contributed by atoms with E-state index in [1.54, 1.807) is 13.8 Å². The number of carbonyl (C=O) groups is 2. The second kappa shape index (κ2) is 4.39. The number of Topliss-reactive ketones (excluding diaryl/α,β-unsaturated/α-hetero) is 2. The maximum Gasteiger partial charge on any atom is 0.130 e. The minimum Gasteiger partial charge on any atom is -0.300 e. The second-order valence-electron chi connectivity index (χ2n) is 3.89. The minimum absolute atomic E-state index is 0.135. The molecular weight excluding hydrogens is 152 g/mol. The van der Waals surface area contributed by atoms with Crippen molar-refractivity contribution in [3.8, 4) is 0 Å². The third-order valence-corrected chi connectivity index (χ3v) is 1.76. The Hall–Kier alpha value is -0.660. The maximum absolute atomic E-state index is 10.8. The van der Waals surface area contributed by atoms with Crippen molar-refractivity contribution in [2.45, 2.75) is 40.0 Å². The summed E-state index contributed by atoms with van der Waals surface area (Å²) in [5.74, 6) is 0.296. The van der Waals surface area contributed by atoms with Gasteiger partial charge in [-0.3, -0.25) is 0 Å². The monoisotopic (exact) mass is 169 g/mol. The van der Waals surface area contributed by atoms with Crippen LogP contribution >= 0.6 is 0 Å². The van der Waals surface area contributed by atoms with Gasteiger partial charge in [-0.1, -0.05) is 6.92 Å². The van der Waals surface area contributed by atoms with E-state index in [4.69, 9.17) is 0 Å². The summed E-state index contributed by atoms with van der Waals surface area (Å²) < 4.78 is 0. The molecule has 2 nitrogen and oxygen atoms in total. The van der Waals surface area contributed by atoms with Crippen LogP contribution in [0.2, 0.25) is 0 Å². The number of ketones is 2. The van der Waals surface area contributed by atoms with Crippen LogP contribution in [0, 0.1) is 12.3 Å². The van der Waals surface area contributed by atoms with Crippen molar-refractivity contribution in [3.05, 3.63) is 6.92 Å². The molecule has 0 saturated carbocycles. The van der Waals surface area contributed by atoms with Crippen LogP contribution in [0.4, 0.5) is 0 Å². The molecule has 0 fully saturated rings. The molecule has 0 aliphatic carbocycles. The fourth-order valence-electron chi connectivity index (χ4n) is 1.17. The van der Waals surface area contributed by atoms with Gasteiger partial charge in [-0.15, -0.1) is 0 Å². The van der Waals surface area contributed by atoms with Crippen molar-refractivity contribution in [1.82, 2.24) is 0 Å². The molecule has 0 aromatic carbocycles. The third kappa shape index (κ3) is 6.08. The van der Waals surface area contributed by atoms with Crippen molar-refractivity contribution in [1.29, 1.82) is 0 Å². The predicted octanol–water partition coefficient (Wildman–Crippen LogP) is 2.18. The Morgan fingerprint density at radius 1 is 1.25 bits per heavy atom. The van der Waals surface area contributed by atoms with Crippen LogP contribution in [-0.4, -0.2) is 11.6 Å². The number of rotatable bonds is 5. The number of carbonyl (C=O) groups excluding carboxylic acids is 2. The second-order valence-corrected chi connectivity index (χ2v) is 3.89. The summed E-state index contributed by atoms with van der Waals surface area (Å²) in [6.45, 7) is 8.94. The molecule has 1 unspecified atom stereocenters. The van der Waals surface area contributed by atoms with Gasteiger partial charge in [-0.2, -0.15) is 0 Å². The Morgan fingerprint density at radius 2 is 1.75 bits per heavy atom. The molecule has 0 aliphatic heterocycles. The average Bonchev–Trinajstić information content (AvgIpc) is 1.81. The fraction of sp³-hybridized carbons (Fsp3) is 0.700. The van der Waals surface area contributed by atoms with Crippen LogP contribution < -0.4 is 0 Å². The molecule has 1 radical (unpaired) electrons. The molecule has 69 valence electrons. The minimum atomic E-state index is -0.266. The molecule has 1 atom stereocenters. The standard InChI is InChI=1S/C10H17O2/c1-8(11)5-6-10(3,4)7-9(2)12/h3,5-7H2,1-2,4H3. The lowest BCUT2D eigenvalue weighted by Gasteiger charge is -2.21. The van der Waals surface area contributed by atoms with Gasteiger partial charge in [0.15, 0.2) is 0 Å². The lowest BCUT2D eigenvalue weighted by molar-refractivity contribution is -0.120. The van der Waals surface area contributed by atoms with Crippen LogP contribution in [0.5, 0.6) is 0 Å². The summed E-state index contributed by atoms with van der Waals surface area (Å²) in [5, 5.41) is 0. The first-order valence-electron chi connectivity index (χ1n) is 4.18. The van der Waals surface area contributed by atoms with Gasteiger partial charge in [0.25, 0.3) is 0 Å². The Bertz CT molecular complexity index is 180. The van der Waals surface area contributed by atoms with E-state index in [-0.39, 0.29) is 17.0 Å². The molecule has 0 aliphatic rings. The predicted molar refractivity (Wildman–Crippen MR) is 48.7 cm³/mol. The van der Waals surface area contributed by atoms with Crippen molar-refractivity contribution < 1.29 is 9.59 Å². The Morgan fingerprint density at radius 3 is 2.08 bits per heavy atom. The highest BCUT2D eigenvalue weighted by Gasteiger charge is 2.20. The zero-order valence-corrected chi connectivity index (χ0v) is 8.14. The highest BCUT2D eigenvalue weighted by atomic mass is 16.1. The third-order valence-electron chi connectivity index (χ3n) is 1.76. The molecule has 12 heavy (non-hydrogen) atoms. The summed E-state index contributed by atoms with van der Waals surface area (Å²) in [5.41, 5.74) is -0.266. The topological polar surface area (TPSA) is 34.1 Å². The Kier molecular flexibility index (Phi) is 4.15. The lowest BCUT2D eigenvalue weighted by atomic mass is 9.82. The van der Waals surface area contributed by atoms with E-state index in [1.807, 2.05) is 6.92 Å². The van der Waals surface area contributed by atoms with E-state index >= 15 is 0 Å². The molecule has 0 aromatic rings. The van der Waals surface area contributed by atoms with E-state index in [1.165, 1.54) is 0 Å². The zero-order chi connectivity index (χ0) is 9.78. The Balaban J connectivity index is 3.86. The lowest BCUT2D eigenvalue weighted by Crippen LogP contribution is -2.16. The summed E-state index contributed by atoms with van der Waals surface area (Å²) in [4.78, 5) is 21.4. The van der Waals surface area contributed by atoms with Gasteiger partial charge in [0.2, 0.25) is 0 Å². The van der Waals surface area contributed by atoms with Crippen molar-refractivity contribution >= 4 is 11.6 Å². The van der Waals surface area contributed by atoms with Crippen LogP contribution in [0.25, 0.3) is 0 Å². The van der Waals surface area contributed by atoms with Gasteiger partial charge in [0.1, 0.15) is 11.6 Å². The van der Waals surface area contributed by atoms with Gasteiger partial charge in [-0.05, 0) is 32.6 Å². The van der Waals surface area contributed by atoms with Crippen molar-refractivity contribution in [2.24, 2.45) is 5.41 Å². The van der Waals surface area contributed by atoms with Crippen molar-refractivity contribution in [2.75, 3.05) is 0 Å². The van der Waals surface area contributed by atoms with E-state index in [2.05, 4.69) is 6.92 Å². The Labute approximate surface area is 74.3 Å². The SMILES string of the molecule is [CH2]C(C)(CCC(C)=O)CC(C)=O. The molecule has 0 aromatic heterocycles. The quantitative estimate of drug-likeness (QED) is 0.632. The highest BCUT2D eigenvalue weighted by molar-refractivity contribution is 5.77. The smallest absolute Gasteiger partial charge is 0.130 e. The van der Waals surface area contributed by atoms with Crippen LogP contribution in [0.1, 0.15) is 40.0 Å². The first kappa shape index (κ1) is 11.3. The average molecular weight is 169 g/mol. The highest BCUT2D eigenvalue weighted by Crippen LogP contribution is 2.26. The van der Waals surface area contributed by atoms with Crippen LogP contribution in [-0.2, 0) is 9.59 Å². The summed E-state index contributed by atoms with van der Waals surface area (Å²) in [7, 11) is 0. The zero-order valence-electron chi connectivity index (χ0n) is 8.14. The molecule has 2 heteroatoms. The van der Waals surface area contributed by atoms with Gasteiger partial charge in [0, 0.05) is 12.8 Å². The van der Waals surface area contributed by atoms with Gasteiger partial charge < -0.3 is 9.59 Å². The maximum atomic E-state index is 10.8. The van der Waals surface area contributed by atoms with E-state index in [0.29, 0.717) is 19.3 Å². The molecule has 0 saturated heterocycles. The normalized spacial score (nSPS) is 11.3. The van der Waals surface area contributed by atoms with Crippen LogP contribution in [0.3, 0.4) is 0 Å². The van der Waals surface area contributed by atoms with Gasteiger partial charge in [-0.25, -0.2) is 0 Å². The van der Waals surface area contributed by atoms with E-state index < -0.39 is 0 Å². The molecule has 0 bridgehead atoms. The van der Waals surface area contributed by atoms with Gasteiger partial charge >= 0.3 is 0 Å². The molecular formula is C10H17O2. The fourth-order valence-corrected chi connectivity index (χ4v) is 1.17. The first-order chi connectivity index (χ1) is 5.33. The number of hydrogen-bond donors (Lipinski definition) is 0. The van der Waals surface area contributed by atoms with Gasteiger partial charge in [0.05, 0.1) is 0 Å².